The van der Waals surface area contributed by atoms with Gasteiger partial charge in [-0.15, -0.1) is 5.10 Å². The topological polar surface area (TPSA) is 84.9 Å². The summed E-state index contributed by atoms with van der Waals surface area (Å²) in [4.78, 5) is 11.5. The zero-order valence-electron chi connectivity index (χ0n) is 18.8. The highest BCUT2D eigenvalue weighted by atomic mass is 19.2. The van der Waals surface area contributed by atoms with Crippen molar-refractivity contribution in [3.63, 3.8) is 0 Å². The van der Waals surface area contributed by atoms with Crippen molar-refractivity contribution < 1.29 is 8.78 Å². The molecule has 2 aromatic carbocycles. The van der Waals surface area contributed by atoms with E-state index in [-0.39, 0.29) is 11.3 Å². The monoisotopic (exact) mass is 463 g/mol. The van der Waals surface area contributed by atoms with Gasteiger partial charge in [0.25, 0.3) is 0 Å². The van der Waals surface area contributed by atoms with Crippen molar-refractivity contribution in [3.8, 4) is 11.3 Å². The lowest BCUT2D eigenvalue weighted by Gasteiger charge is -2.26. The number of piperidine rings is 1. The molecular formula is C25H27F2N7. The molecule has 4 aromatic rings. The van der Waals surface area contributed by atoms with Crippen LogP contribution in [-0.4, -0.2) is 50.8 Å². The van der Waals surface area contributed by atoms with E-state index in [0.717, 1.165) is 31.3 Å². The molecule has 0 bridgehead atoms. The van der Waals surface area contributed by atoms with Gasteiger partial charge in [0.05, 0.1) is 17.6 Å². The lowest BCUT2D eigenvalue weighted by atomic mass is 10.1. The minimum Gasteiger partial charge on any atom is -0.383 e. The minimum atomic E-state index is -0.975. The number of rotatable bonds is 7. The van der Waals surface area contributed by atoms with Gasteiger partial charge in [-0.05, 0) is 43.6 Å². The fourth-order valence-corrected chi connectivity index (χ4v) is 4.40. The highest BCUT2D eigenvalue weighted by molar-refractivity contribution is 5.99. The van der Waals surface area contributed by atoms with Crippen LogP contribution in [0.3, 0.4) is 0 Å². The van der Waals surface area contributed by atoms with Gasteiger partial charge < -0.3 is 16.0 Å². The van der Waals surface area contributed by atoms with Crippen LogP contribution in [0.5, 0.6) is 0 Å². The molecule has 5 rings (SSSR count). The molecule has 2 aromatic heterocycles. The molecule has 0 saturated carbocycles. The summed E-state index contributed by atoms with van der Waals surface area (Å²) in [6, 6.07) is 13.8. The summed E-state index contributed by atoms with van der Waals surface area (Å²) in [5, 5.41) is 8.22. The van der Waals surface area contributed by atoms with E-state index in [1.807, 2.05) is 30.3 Å². The van der Waals surface area contributed by atoms with E-state index in [1.165, 1.54) is 31.4 Å². The molecule has 1 fully saturated rings. The molecule has 0 radical (unpaired) electrons. The van der Waals surface area contributed by atoms with Crippen LogP contribution in [0.15, 0.2) is 48.5 Å². The van der Waals surface area contributed by atoms with Crippen LogP contribution in [0.2, 0.25) is 0 Å². The standard InChI is InChI=1S/C25H27F2N7/c26-19-11-7-10-18(21(19)27)22-20-23(28)34(16-17-8-3-1-4-9-17)32-24(20)31-25(30-22)29-12-15-33-13-5-2-6-14-33/h1,3-4,7-11H,2,5-6,12-16,28H2,(H,29,31,32). The first-order valence-corrected chi connectivity index (χ1v) is 11.6. The quantitative estimate of drug-likeness (QED) is 0.425. The van der Waals surface area contributed by atoms with E-state index in [0.29, 0.717) is 35.9 Å². The summed E-state index contributed by atoms with van der Waals surface area (Å²) < 4.78 is 30.5. The fraction of sp³-hybridized carbons (Fsp3) is 0.320. The maximum absolute atomic E-state index is 14.8. The van der Waals surface area contributed by atoms with Gasteiger partial charge in [-0.1, -0.05) is 42.8 Å². The lowest BCUT2D eigenvalue weighted by Crippen LogP contribution is -2.33. The van der Waals surface area contributed by atoms with E-state index in [4.69, 9.17) is 5.73 Å². The number of anilines is 2. The minimum absolute atomic E-state index is 0.0254. The molecule has 0 amide bonds. The average molecular weight is 464 g/mol. The number of likely N-dealkylation sites (tertiary alicyclic amines) is 1. The van der Waals surface area contributed by atoms with E-state index < -0.39 is 11.6 Å². The second-order valence-corrected chi connectivity index (χ2v) is 8.55. The number of halogens is 2. The number of nitrogens with two attached hydrogens (primary N) is 1. The van der Waals surface area contributed by atoms with Crippen molar-refractivity contribution in [1.82, 2.24) is 24.6 Å². The maximum Gasteiger partial charge on any atom is 0.225 e. The highest BCUT2D eigenvalue weighted by Crippen LogP contribution is 2.33. The zero-order chi connectivity index (χ0) is 23.5. The van der Waals surface area contributed by atoms with Gasteiger partial charge in [0.1, 0.15) is 5.82 Å². The van der Waals surface area contributed by atoms with Crippen LogP contribution in [0.4, 0.5) is 20.5 Å². The van der Waals surface area contributed by atoms with Crippen molar-refractivity contribution >= 4 is 22.8 Å². The third-order valence-corrected chi connectivity index (χ3v) is 6.18. The predicted molar refractivity (Wildman–Crippen MR) is 129 cm³/mol. The molecule has 34 heavy (non-hydrogen) atoms. The highest BCUT2D eigenvalue weighted by Gasteiger charge is 2.22. The summed E-state index contributed by atoms with van der Waals surface area (Å²) in [5.74, 6) is -1.30. The SMILES string of the molecule is Nc1c2c(-c3cccc(F)c3F)nc(NCCN3CCCCC3)nc2nn1Cc1ccccc1. The molecular weight excluding hydrogens is 436 g/mol. The van der Waals surface area contributed by atoms with Crippen molar-refractivity contribution in [2.75, 3.05) is 37.2 Å². The Bertz CT molecular complexity index is 1280. The Labute approximate surface area is 196 Å². The Kier molecular flexibility index (Phi) is 6.35. The normalized spacial score (nSPS) is 14.5. The Morgan fingerprint density at radius 2 is 1.74 bits per heavy atom. The summed E-state index contributed by atoms with van der Waals surface area (Å²) in [6.45, 7) is 4.09. The first kappa shape index (κ1) is 22.2. The van der Waals surface area contributed by atoms with E-state index in [2.05, 4.69) is 25.3 Å². The van der Waals surface area contributed by atoms with Crippen LogP contribution in [0.1, 0.15) is 24.8 Å². The van der Waals surface area contributed by atoms with E-state index in [9.17, 15) is 8.78 Å². The first-order valence-electron chi connectivity index (χ1n) is 11.6. The number of nitrogens with zero attached hydrogens (tertiary/aromatic N) is 5. The van der Waals surface area contributed by atoms with Crippen LogP contribution >= 0.6 is 0 Å². The molecule has 7 nitrogen and oxygen atoms in total. The van der Waals surface area contributed by atoms with Gasteiger partial charge in [0, 0.05) is 18.7 Å². The van der Waals surface area contributed by atoms with Crippen LogP contribution < -0.4 is 11.1 Å². The number of nitrogen functional groups attached to an aromatic ring is 1. The molecule has 1 aliphatic rings. The second kappa shape index (κ2) is 9.72. The van der Waals surface area contributed by atoms with Gasteiger partial charge in [-0.25, -0.2) is 18.4 Å². The number of hydrogen-bond acceptors (Lipinski definition) is 6. The Morgan fingerprint density at radius 1 is 0.941 bits per heavy atom. The molecule has 1 saturated heterocycles. The summed E-state index contributed by atoms with van der Waals surface area (Å²) in [6.07, 6.45) is 3.70. The summed E-state index contributed by atoms with van der Waals surface area (Å²) in [5.41, 5.74) is 8.03. The Hall–Kier alpha value is -3.59. The predicted octanol–water partition coefficient (Wildman–Crippen LogP) is 4.30. The van der Waals surface area contributed by atoms with Crippen LogP contribution in [0, 0.1) is 11.6 Å². The number of fused-ring (bicyclic) bond motifs is 1. The smallest absolute Gasteiger partial charge is 0.225 e. The van der Waals surface area contributed by atoms with Gasteiger partial charge in [-0.3, -0.25) is 0 Å². The number of nitrogens with one attached hydrogen (secondary N) is 1. The fourth-order valence-electron chi connectivity index (χ4n) is 4.40. The maximum atomic E-state index is 14.8. The largest absolute Gasteiger partial charge is 0.383 e. The van der Waals surface area contributed by atoms with Crippen molar-refractivity contribution in [2.24, 2.45) is 0 Å². The Morgan fingerprint density at radius 3 is 2.53 bits per heavy atom. The third-order valence-electron chi connectivity index (χ3n) is 6.18. The second-order valence-electron chi connectivity index (χ2n) is 8.55. The molecule has 1 aliphatic heterocycles. The van der Waals surface area contributed by atoms with Crippen molar-refractivity contribution in [1.29, 1.82) is 0 Å². The van der Waals surface area contributed by atoms with Crippen molar-refractivity contribution in [2.45, 2.75) is 25.8 Å². The van der Waals surface area contributed by atoms with Crippen LogP contribution in [-0.2, 0) is 6.54 Å². The van der Waals surface area contributed by atoms with Gasteiger partial charge in [0.2, 0.25) is 5.95 Å². The van der Waals surface area contributed by atoms with E-state index >= 15 is 0 Å². The van der Waals surface area contributed by atoms with Gasteiger partial charge in [-0.2, -0.15) is 4.98 Å². The number of aromatic nitrogens is 4. The summed E-state index contributed by atoms with van der Waals surface area (Å²) in [7, 11) is 0. The molecule has 9 heteroatoms. The molecule has 3 N–H and O–H groups in total. The van der Waals surface area contributed by atoms with Gasteiger partial charge in [0.15, 0.2) is 17.3 Å². The number of hydrogen-bond donors (Lipinski definition) is 2. The first-order chi connectivity index (χ1) is 16.6. The zero-order valence-corrected chi connectivity index (χ0v) is 18.8. The number of benzene rings is 2. The van der Waals surface area contributed by atoms with Crippen LogP contribution in [0.25, 0.3) is 22.3 Å². The molecule has 3 heterocycles. The summed E-state index contributed by atoms with van der Waals surface area (Å²) >= 11 is 0. The average Bonchev–Trinajstić information content (AvgIpc) is 3.16. The third kappa shape index (κ3) is 4.56. The molecule has 0 unspecified atom stereocenters. The molecule has 0 atom stereocenters. The van der Waals surface area contributed by atoms with Gasteiger partial charge >= 0.3 is 0 Å². The van der Waals surface area contributed by atoms with Crippen molar-refractivity contribution in [3.05, 3.63) is 65.7 Å². The molecule has 0 spiro atoms. The Balaban J connectivity index is 1.52. The molecule has 0 aliphatic carbocycles. The lowest BCUT2D eigenvalue weighted by molar-refractivity contribution is 0.237. The van der Waals surface area contributed by atoms with E-state index in [1.54, 1.807) is 4.68 Å². The molecule has 176 valence electrons.